The van der Waals surface area contributed by atoms with Crippen molar-refractivity contribution in [1.82, 2.24) is 9.47 Å². The van der Waals surface area contributed by atoms with E-state index < -0.39 is 0 Å². The molecule has 0 aliphatic carbocycles. The number of aromatic nitrogens is 1. The molecule has 150 valence electrons. The van der Waals surface area contributed by atoms with Gasteiger partial charge < -0.3 is 14.2 Å². The van der Waals surface area contributed by atoms with Crippen molar-refractivity contribution in [2.45, 2.75) is 12.6 Å². The Labute approximate surface area is 174 Å². The normalized spacial score (nSPS) is 16.8. The number of ether oxygens (including phenoxy) is 1. The Bertz CT molecular complexity index is 1220. The van der Waals surface area contributed by atoms with Crippen LogP contribution in [0.3, 0.4) is 0 Å². The summed E-state index contributed by atoms with van der Waals surface area (Å²) in [5, 5.41) is 1.27. The van der Waals surface area contributed by atoms with Crippen molar-refractivity contribution >= 4 is 27.7 Å². The first kappa shape index (κ1) is 18.6. The number of pyridine rings is 1. The molecular formula is C25H22N2O3. The highest BCUT2D eigenvalue weighted by atomic mass is 16.5. The van der Waals surface area contributed by atoms with Crippen molar-refractivity contribution in [3.8, 4) is 0 Å². The van der Waals surface area contributed by atoms with Crippen LogP contribution in [-0.2, 0) is 16.1 Å². The summed E-state index contributed by atoms with van der Waals surface area (Å²) in [5.74, 6) is 0.0261. The van der Waals surface area contributed by atoms with E-state index in [1.807, 2.05) is 88.3 Å². The number of carbonyl (C=O) groups is 1. The highest BCUT2D eigenvalue weighted by molar-refractivity contribution is 5.94. The third-order valence-corrected chi connectivity index (χ3v) is 5.76. The smallest absolute Gasteiger partial charge is 0.242 e. The number of para-hydroxylation sites is 2. The maximum absolute atomic E-state index is 13.3. The van der Waals surface area contributed by atoms with Gasteiger partial charge in [0, 0.05) is 17.3 Å². The zero-order chi connectivity index (χ0) is 20.5. The Morgan fingerprint density at radius 3 is 2.13 bits per heavy atom. The van der Waals surface area contributed by atoms with E-state index in [-0.39, 0.29) is 24.0 Å². The van der Waals surface area contributed by atoms with E-state index in [0.717, 1.165) is 16.6 Å². The number of hydrogen-bond acceptors (Lipinski definition) is 3. The summed E-state index contributed by atoms with van der Waals surface area (Å²) in [7, 11) is 0. The van der Waals surface area contributed by atoms with Gasteiger partial charge in [0.1, 0.15) is 12.6 Å². The van der Waals surface area contributed by atoms with Gasteiger partial charge in [0.15, 0.2) is 5.43 Å². The molecule has 0 radical (unpaired) electrons. The molecule has 0 bridgehead atoms. The number of morpholine rings is 1. The summed E-state index contributed by atoms with van der Waals surface area (Å²) in [6.45, 7) is 1.79. The lowest BCUT2D eigenvalue weighted by atomic mass is 10.1. The molecule has 0 unspecified atom stereocenters. The molecule has 0 spiro atoms. The molecule has 4 aromatic rings. The van der Waals surface area contributed by atoms with Gasteiger partial charge >= 0.3 is 0 Å². The fourth-order valence-electron chi connectivity index (χ4n) is 4.23. The Hall–Kier alpha value is -3.44. The van der Waals surface area contributed by atoms with Crippen molar-refractivity contribution in [2.24, 2.45) is 0 Å². The summed E-state index contributed by atoms with van der Waals surface area (Å²) in [5.41, 5.74) is 2.64. The Morgan fingerprint density at radius 1 is 0.867 bits per heavy atom. The second-order valence-electron chi connectivity index (χ2n) is 7.56. The minimum Gasteiger partial charge on any atom is -0.370 e. The number of amides is 1. The molecule has 1 fully saturated rings. The van der Waals surface area contributed by atoms with Crippen molar-refractivity contribution in [1.29, 1.82) is 0 Å². The molecule has 0 N–H and O–H groups in total. The number of rotatable bonds is 3. The Morgan fingerprint density at radius 2 is 1.47 bits per heavy atom. The minimum absolute atomic E-state index is 0.000383. The average molecular weight is 398 g/mol. The molecule has 3 aromatic carbocycles. The molecular weight excluding hydrogens is 376 g/mol. The summed E-state index contributed by atoms with van der Waals surface area (Å²) in [6, 6.07) is 25.0. The van der Waals surface area contributed by atoms with Crippen LogP contribution in [0.4, 0.5) is 0 Å². The van der Waals surface area contributed by atoms with Crippen LogP contribution in [0.2, 0.25) is 0 Å². The predicted octanol–water partition coefficient (Wildman–Crippen LogP) is 3.75. The number of fused-ring (bicyclic) bond motifs is 2. The molecule has 30 heavy (non-hydrogen) atoms. The quantitative estimate of drug-likeness (QED) is 0.494. The highest BCUT2D eigenvalue weighted by Crippen LogP contribution is 2.23. The van der Waals surface area contributed by atoms with Crippen LogP contribution in [-0.4, -0.2) is 35.1 Å². The zero-order valence-corrected chi connectivity index (χ0v) is 16.5. The topological polar surface area (TPSA) is 51.5 Å². The molecule has 1 saturated heterocycles. The lowest BCUT2D eigenvalue weighted by molar-refractivity contribution is -0.139. The lowest BCUT2D eigenvalue weighted by Crippen LogP contribution is -2.43. The van der Waals surface area contributed by atoms with Crippen LogP contribution in [0.15, 0.2) is 83.7 Å². The monoisotopic (exact) mass is 398 g/mol. The van der Waals surface area contributed by atoms with Gasteiger partial charge in [0.2, 0.25) is 5.91 Å². The second-order valence-corrected chi connectivity index (χ2v) is 7.56. The first-order valence-electron chi connectivity index (χ1n) is 10.2. The minimum atomic E-state index is -0.119. The van der Waals surface area contributed by atoms with Crippen LogP contribution < -0.4 is 5.43 Å². The fraction of sp³-hybridized carbons (Fsp3) is 0.200. The van der Waals surface area contributed by atoms with Gasteiger partial charge in [-0.15, -0.1) is 0 Å². The third kappa shape index (κ3) is 3.27. The molecule has 5 nitrogen and oxygen atoms in total. The summed E-state index contributed by atoms with van der Waals surface area (Å²) in [4.78, 5) is 28.1. The van der Waals surface area contributed by atoms with Gasteiger partial charge in [-0.25, -0.2) is 0 Å². The molecule has 5 rings (SSSR count). The molecule has 1 atom stereocenters. The first-order valence-corrected chi connectivity index (χ1v) is 10.2. The molecule has 5 heteroatoms. The molecule has 1 amide bonds. The van der Waals surface area contributed by atoms with Gasteiger partial charge in [-0.3, -0.25) is 9.59 Å². The van der Waals surface area contributed by atoms with Crippen molar-refractivity contribution in [3.05, 3.63) is 94.6 Å². The largest absolute Gasteiger partial charge is 0.370 e. The van der Waals surface area contributed by atoms with Gasteiger partial charge in [0.25, 0.3) is 0 Å². The molecule has 1 aromatic heterocycles. The van der Waals surface area contributed by atoms with Crippen LogP contribution in [0, 0.1) is 0 Å². The number of hydrogen-bond donors (Lipinski definition) is 0. The van der Waals surface area contributed by atoms with Gasteiger partial charge in [-0.1, -0.05) is 54.6 Å². The molecule has 1 aliphatic rings. The molecule has 2 heterocycles. The number of nitrogens with zero attached hydrogens (tertiary/aromatic N) is 2. The highest BCUT2D eigenvalue weighted by Gasteiger charge is 2.26. The van der Waals surface area contributed by atoms with Gasteiger partial charge in [-0.2, -0.15) is 0 Å². The average Bonchev–Trinajstić information content (AvgIpc) is 2.82. The zero-order valence-electron chi connectivity index (χ0n) is 16.5. The molecule has 0 saturated carbocycles. The Kier molecular flexibility index (Phi) is 4.81. The van der Waals surface area contributed by atoms with Crippen LogP contribution in [0.1, 0.15) is 11.7 Å². The fourth-order valence-corrected chi connectivity index (χ4v) is 4.23. The van der Waals surface area contributed by atoms with Crippen LogP contribution in [0.25, 0.3) is 21.8 Å². The van der Waals surface area contributed by atoms with Crippen LogP contribution >= 0.6 is 0 Å². The van der Waals surface area contributed by atoms with E-state index in [1.165, 1.54) is 0 Å². The molecule has 1 aliphatic heterocycles. The predicted molar refractivity (Wildman–Crippen MR) is 117 cm³/mol. The van der Waals surface area contributed by atoms with Crippen molar-refractivity contribution < 1.29 is 9.53 Å². The maximum atomic E-state index is 13.3. The van der Waals surface area contributed by atoms with Crippen molar-refractivity contribution in [2.75, 3.05) is 19.7 Å². The van der Waals surface area contributed by atoms with E-state index in [1.54, 1.807) is 0 Å². The SMILES string of the molecule is O=C(Cn1c2ccccc2c(=O)c2ccccc21)N1CCO[C@H](c2ccccc2)C1. The maximum Gasteiger partial charge on any atom is 0.242 e. The third-order valence-electron chi connectivity index (χ3n) is 5.76. The summed E-state index contributed by atoms with van der Waals surface area (Å²) in [6.07, 6.45) is -0.119. The van der Waals surface area contributed by atoms with E-state index >= 15 is 0 Å². The van der Waals surface area contributed by atoms with Gasteiger partial charge in [-0.05, 0) is 29.8 Å². The van der Waals surface area contributed by atoms with E-state index in [2.05, 4.69) is 0 Å². The van der Waals surface area contributed by atoms with Crippen LogP contribution in [0.5, 0.6) is 0 Å². The van der Waals surface area contributed by atoms with Gasteiger partial charge in [0.05, 0.1) is 24.2 Å². The Balaban J connectivity index is 1.50. The summed E-state index contributed by atoms with van der Waals surface area (Å²) < 4.78 is 7.87. The lowest BCUT2D eigenvalue weighted by Gasteiger charge is -2.33. The second kappa shape index (κ2) is 7.76. The summed E-state index contributed by atoms with van der Waals surface area (Å²) >= 11 is 0. The van der Waals surface area contributed by atoms with Crippen molar-refractivity contribution in [3.63, 3.8) is 0 Å². The number of benzene rings is 3. The standard InChI is InChI=1S/C25H22N2O3/c28-24(26-14-15-30-23(16-26)18-8-2-1-3-9-18)17-27-21-12-6-4-10-19(21)25(29)20-11-5-7-13-22(20)27/h1-13,23H,14-17H2/t23-/m0/s1. The van der Waals surface area contributed by atoms with E-state index in [0.29, 0.717) is 30.5 Å². The number of carbonyl (C=O) groups excluding carboxylic acids is 1. The first-order chi connectivity index (χ1) is 14.7. The van der Waals surface area contributed by atoms with E-state index in [4.69, 9.17) is 4.74 Å². The van der Waals surface area contributed by atoms with E-state index in [9.17, 15) is 9.59 Å².